The zero-order valence-corrected chi connectivity index (χ0v) is 36.3. The number of para-hydroxylation sites is 5. The van der Waals surface area contributed by atoms with Crippen molar-refractivity contribution in [3.8, 4) is 17.1 Å². The number of nitrogens with zero attached hydrogens (tertiary/aromatic N) is 3. The first-order valence-corrected chi connectivity index (χ1v) is 23.5. The van der Waals surface area contributed by atoms with Crippen molar-refractivity contribution in [1.82, 2.24) is 13.7 Å². The standard InChI is InChI=1S/C60H42N4S/c1-4-16-40(17-5-1)62-52-25-13-10-22-43(52)49-34-38(28-32-54(49)62)48-37-57-50(44-23-11-14-26-53(44)63(57)41-18-6-2-7-19-41)36-51(48)61-39-29-30-47-56(35-39)64(42-20-8-3-9-21-42)55-33-31-46-45-24-12-15-27-58(45)65-60(46)59(47)55/h1-27,29-31,33-37,48,51,61H,28,32H2. The molecule has 2 atom stereocenters. The van der Waals surface area contributed by atoms with Gasteiger partial charge in [0.2, 0.25) is 0 Å². The maximum absolute atomic E-state index is 4.20. The molecule has 2 unspecified atom stereocenters. The van der Waals surface area contributed by atoms with E-state index in [2.05, 4.69) is 231 Å². The molecule has 0 bridgehead atoms. The second kappa shape index (κ2) is 14.3. The Kier molecular flexibility index (Phi) is 8.07. The van der Waals surface area contributed by atoms with Crippen LogP contribution in [0, 0.1) is 5.92 Å². The van der Waals surface area contributed by atoms with Crippen LogP contribution in [-0.4, -0.2) is 19.7 Å². The lowest BCUT2D eigenvalue weighted by Crippen LogP contribution is -2.41. The van der Waals surface area contributed by atoms with Crippen LogP contribution in [0.4, 0.5) is 5.69 Å². The van der Waals surface area contributed by atoms with Gasteiger partial charge in [-0.05, 0) is 85.6 Å². The first kappa shape index (κ1) is 36.6. The van der Waals surface area contributed by atoms with Crippen LogP contribution in [0.3, 0.4) is 0 Å². The molecule has 4 nitrogen and oxygen atoms in total. The van der Waals surface area contributed by atoms with Gasteiger partial charge >= 0.3 is 0 Å². The predicted octanol–water partition coefficient (Wildman–Crippen LogP) is 13.7. The summed E-state index contributed by atoms with van der Waals surface area (Å²) in [4.78, 5) is 0. The van der Waals surface area contributed by atoms with Crippen LogP contribution in [-0.2, 0) is 6.42 Å². The molecule has 4 heterocycles. The van der Waals surface area contributed by atoms with Gasteiger partial charge in [0.25, 0.3) is 0 Å². The van der Waals surface area contributed by atoms with Gasteiger partial charge in [-0.25, -0.2) is 0 Å². The van der Waals surface area contributed by atoms with Crippen LogP contribution in [0.1, 0.15) is 17.7 Å². The summed E-state index contributed by atoms with van der Waals surface area (Å²) in [7, 11) is 0. The number of aromatic nitrogens is 3. The summed E-state index contributed by atoms with van der Waals surface area (Å²) in [6, 6.07) is 71.0. The number of benzene rings is 8. The molecule has 0 saturated heterocycles. The second-order valence-corrected chi connectivity index (χ2v) is 18.7. The van der Waals surface area contributed by atoms with Crippen LogP contribution < -0.4 is 15.9 Å². The summed E-state index contributed by atoms with van der Waals surface area (Å²) in [5.74, 6) is 0.0927. The highest BCUT2D eigenvalue weighted by molar-refractivity contribution is 7.26. The molecule has 4 aromatic heterocycles. The Morgan fingerprint density at radius 2 is 1.08 bits per heavy atom. The van der Waals surface area contributed by atoms with Crippen molar-refractivity contribution in [2.45, 2.75) is 18.9 Å². The van der Waals surface area contributed by atoms with E-state index in [0.717, 1.165) is 24.2 Å². The normalized spacial score (nSPS) is 15.9. The third kappa shape index (κ3) is 5.55. The van der Waals surface area contributed by atoms with Crippen molar-refractivity contribution in [1.29, 1.82) is 0 Å². The van der Waals surface area contributed by atoms with Crippen molar-refractivity contribution < 1.29 is 0 Å². The molecule has 0 radical (unpaired) electrons. The van der Waals surface area contributed by atoms with Gasteiger partial charge in [0.15, 0.2) is 0 Å². The highest BCUT2D eigenvalue weighted by Gasteiger charge is 2.31. The van der Waals surface area contributed by atoms with E-state index in [-0.39, 0.29) is 12.0 Å². The van der Waals surface area contributed by atoms with Gasteiger partial charge in [-0.3, -0.25) is 0 Å². The number of anilines is 1. The molecule has 308 valence electrons. The molecule has 2 aliphatic carbocycles. The topological polar surface area (TPSA) is 26.8 Å². The van der Waals surface area contributed by atoms with Gasteiger partial charge in [-0.1, -0.05) is 145 Å². The van der Waals surface area contributed by atoms with Crippen molar-refractivity contribution in [3.63, 3.8) is 0 Å². The molecule has 65 heavy (non-hydrogen) atoms. The van der Waals surface area contributed by atoms with E-state index in [1.807, 2.05) is 11.3 Å². The summed E-state index contributed by atoms with van der Waals surface area (Å²) in [5, 5.41) is 14.5. The minimum absolute atomic E-state index is 0.00546. The minimum Gasteiger partial charge on any atom is -0.378 e. The summed E-state index contributed by atoms with van der Waals surface area (Å²) in [5.41, 5.74) is 13.8. The summed E-state index contributed by atoms with van der Waals surface area (Å²) in [6.45, 7) is 0. The lowest BCUT2D eigenvalue weighted by Gasteiger charge is -2.31. The van der Waals surface area contributed by atoms with Crippen LogP contribution >= 0.6 is 11.3 Å². The number of hydrogen-bond acceptors (Lipinski definition) is 2. The Morgan fingerprint density at radius 1 is 0.462 bits per heavy atom. The maximum atomic E-state index is 4.20. The molecule has 0 saturated carbocycles. The average molecular weight is 851 g/mol. The number of rotatable bonds is 6. The number of fused-ring (bicyclic) bond motifs is 13. The van der Waals surface area contributed by atoms with Crippen molar-refractivity contribution >= 4 is 99.0 Å². The summed E-state index contributed by atoms with van der Waals surface area (Å²) in [6.07, 6.45) is 9.58. The van der Waals surface area contributed by atoms with E-state index in [1.54, 1.807) is 0 Å². The minimum atomic E-state index is -0.00546. The van der Waals surface area contributed by atoms with Crippen molar-refractivity contribution in [3.05, 3.63) is 222 Å². The number of nitrogens with one attached hydrogen (secondary N) is 1. The highest BCUT2D eigenvalue weighted by Crippen LogP contribution is 2.45. The third-order valence-corrected chi connectivity index (χ3v) is 15.3. The SMILES string of the molecule is C1=C(C2C=c3c(c4ccccc4n3-c3ccccc3)=CC2Nc2ccc3c4c5sc6ccccc6c5ccc4n(-c4ccccc4)c3c2)CCc2c1c1ccccc1n2-c1ccccc1. The molecule has 0 amide bonds. The Morgan fingerprint density at radius 3 is 1.83 bits per heavy atom. The van der Waals surface area contributed by atoms with E-state index < -0.39 is 0 Å². The van der Waals surface area contributed by atoms with Gasteiger partial charge in [0, 0.05) is 86.9 Å². The molecular weight excluding hydrogens is 809 g/mol. The van der Waals surface area contributed by atoms with E-state index in [4.69, 9.17) is 0 Å². The van der Waals surface area contributed by atoms with Crippen LogP contribution in [0.15, 0.2) is 200 Å². The second-order valence-electron chi connectivity index (χ2n) is 17.6. The average Bonchev–Trinajstić information content (AvgIpc) is 4.10. The van der Waals surface area contributed by atoms with Crippen LogP contribution in [0.5, 0.6) is 0 Å². The fourth-order valence-electron chi connectivity index (χ4n) is 11.3. The van der Waals surface area contributed by atoms with Gasteiger partial charge in [0.05, 0.1) is 33.5 Å². The molecule has 2 aliphatic rings. The van der Waals surface area contributed by atoms with E-state index in [1.165, 1.54) is 103 Å². The van der Waals surface area contributed by atoms with Gasteiger partial charge in [0.1, 0.15) is 0 Å². The summed E-state index contributed by atoms with van der Waals surface area (Å²) < 4.78 is 10.1. The number of thiophene rings is 1. The highest BCUT2D eigenvalue weighted by atomic mass is 32.1. The first-order chi connectivity index (χ1) is 32.2. The van der Waals surface area contributed by atoms with Gasteiger partial charge in [-0.2, -0.15) is 0 Å². The molecule has 8 aromatic carbocycles. The quantitative estimate of drug-likeness (QED) is 0.177. The zero-order valence-electron chi connectivity index (χ0n) is 35.5. The molecule has 5 heteroatoms. The predicted molar refractivity (Wildman–Crippen MR) is 276 cm³/mol. The molecule has 14 rings (SSSR count). The molecule has 0 aliphatic heterocycles. The smallest absolute Gasteiger partial charge is 0.0562 e. The molecule has 1 N–H and O–H groups in total. The Bertz CT molecular complexity index is 4030. The Balaban J connectivity index is 0.982. The van der Waals surface area contributed by atoms with Crippen LogP contribution in [0.2, 0.25) is 0 Å². The van der Waals surface area contributed by atoms with Crippen molar-refractivity contribution in [2.75, 3.05) is 5.32 Å². The molecule has 0 fully saturated rings. The lowest BCUT2D eigenvalue weighted by molar-refractivity contribution is 0.689. The van der Waals surface area contributed by atoms with Gasteiger partial charge in [-0.15, -0.1) is 11.3 Å². The fraction of sp³-hybridized carbons (Fsp3) is 0.0667. The molecule has 0 spiro atoms. The number of hydrogen-bond donors (Lipinski definition) is 1. The van der Waals surface area contributed by atoms with Crippen LogP contribution in [0.25, 0.3) is 99.1 Å². The summed E-state index contributed by atoms with van der Waals surface area (Å²) >= 11 is 1.91. The fourth-order valence-corrected chi connectivity index (χ4v) is 12.6. The lowest BCUT2D eigenvalue weighted by atomic mass is 9.81. The molecular formula is C60H42N4S. The first-order valence-electron chi connectivity index (χ1n) is 22.7. The third-order valence-electron chi connectivity index (χ3n) is 14.1. The van der Waals surface area contributed by atoms with E-state index in [0.29, 0.717) is 0 Å². The molecule has 12 aromatic rings. The largest absolute Gasteiger partial charge is 0.378 e. The van der Waals surface area contributed by atoms with E-state index >= 15 is 0 Å². The zero-order chi connectivity index (χ0) is 42.6. The van der Waals surface area contributed by atoms with Crippen molar-refractivity contribution in [2.24, 2.45) is 5.92 Å². The van der Waals surface area contributed by atoms with E-state index in [9.17, 15) is 0 Å². The Labute approximate surface area is 379 Å². The Hall–Kier alpha value is -7.86. The van der Waals surface area contributed by atoms with Gasteiger partial charge < -0.3 is 19.0 Å². The monoisotopic (exact) mass is 850 g/mol. The maximum Gasteiger partial charge on any atom is 0.0562 e.